The quantitative estimate of drug-likeness (QED) is 0.651. The number of rotatable bonds is 4. The van der Waals surface area contributed by atoms with E-state index in [1.165, 1.54) is 7.11 Å². The highest BCUT2D eigenvalue weighted by molar-refractivity contribution is 5.69. The summed E-state index contributed by atoms with van der Waals surface area (Å²) in [5.74, 6) is 0.156. The molecular formula is C9H18O3. The van der Waals surface area contributed by atoms with Crippen LogP contribution in [0.3, 0.4) is 0 Å². The van der Waals surface area contributed by atoms with Crippen LogP contribution in [0.15, 0.2) is 0 Å². The molecule has 2 atom stereocenters. The van der Waals surface area contributed by atoms with E-state index in [9.17, 15) is 9.90 Å². The van der Waals surface area contributed by atoms with E-state index in [4.69, 9.17) is 0 Å². The maximum Gasteiger partial charge on any atom is 0.308 e. The van der Waals surface area contributed by atoms with Gasteiger partial charge >= 0.3 is 5.97 Å². The maximum atomic E-state index is 10.8. The summed E-state index contributed by atoms with van der Waals surface area (Å²) < 4.78 is 4.45. The van der Waals surface area contributed by atoms with Crippen molar-refractivity contribution in [3.63, 3.8) is 0 Å². The van der Waals surface area contributed by atoms with Crippen LogP contribution < -0.4 is 0 Å². The summed E-state index contributed by atoms with van der Waals surface area (Å²) in [6.07, 6.45) is -0.493. The Labute approximate surface area is 73.7 Å². The molecule has 0 aromatic carbocycles. The van der Waals surface area contributed by atoms with Gasteiger partial charge < -0.3 is 9.84 Å². The molecule has 0 bridgehead atoms. The fourth-order valence-corrected chi connectivity index (χ4v) is 0.884. The largest absolute Gasteiger partial charge is 0.469 e. The topological polar surface area (TPSA) is 46.5 Å². The van der Waals surface area contributed by atoms with E-state index in [1.54, 1.807) is 0 Å². The number of methoxy groups -OCH3 is 1. The molecule has 0 spiro atoms. The Morgan fingerprint density at radius 1 is 1.42 bits per heavy atom. The average molecular weight is 174 g/mol. The van der Waals surface area contributed by atoms with E-state index in [-0.39, 0.29) is 18.3 Å². The second kappa shape index (κ2) is 5.14. The zero-order valence-electron chi connectivity index (χ0n) is 8.20. The number of ether oxygens (including phenoxy) is 1. The Kier molecular flexibility index (Phi) is 4.90. The molecule has 3 nitrogen and oxygen atoms in total. The Balaban J connectivity index is 3.86. The third kappa shape index (κ3) is 3.72. The van der Waals surface area contributed by atoms with Crippen LogP contribution in [0.25, 0.3) is 0 Å². The van der Waals surface area contributed by atoms with Crippen LogP contribution in [0.4, 0.5) is 0 Å². The number of hydrogen-bond donors (Lipinski definition) is 1. The smallest absolute Gasteiger partial charge is 0.308 e. The van der Waals surface area contributed by atoms with Gasteiger partial charge in [0.25, 0.3) is 0 Å². The molecule has 0 aromatic heterocycles. The van der Waals surface area contributed by atoms with Crippen LogP contribution in [0.2, 0.25) is 0 Å². The predicted molar refractivity (Wildman–Crippen MR) is 46.6 cm³/mol. The monoisotopic (exact) mass is 174 g/mol. The Morgan fingerprint density at radius 2 is 1.92 bits per heavy atom. The SMILES string of the molecule is COC(=O)C[C@H](O)[C@H](C)C(C)C. The van der Waals surface area contributed by atoms with Gasteiger partial charge in [-0.1, -0.05) is 20.8 Å². The fraction of sp³-hybridized carbons (Fsp3) is 0.889. The van der Waals surface area contributed by atoms with E-state index in [2.05, 4.69) is 4.74 Å². The lowest BCUT2D eigenvalue weighted by molar-refractivity contribution is -0.143. The van der Waals surface area contributed by atoms with Crippen molar-refractivity contribution in [1.82, 2.24) is 0 Å². The van der Waals surface area contributed by atoms with Gasteiger partial charge in [0.05, 0.1) is 19.6 Å². The standard InChI is InChI=1S/C9H18O3/c1-6(2)7(3)8(10)5-9(11)12-4/h6-8,10H,5H2,1-4H3/t7-,8+/m1/s1. The highest BCUT2D eigenvalue weighted by Gasteiger charge is 2.20. The molecule has 0 saturated carbocycles. The Morgan fingerprint density at radius 3 is 2.25 bits per heavy atom. The lowest BCUT2D eigenvalue weighted by atomic mass is 9.91. The van der Waals surface area contributed by atoms with Gasteiger partial charge in [-0.05, 0) is 11.8 Å². The molecule has 72 valence electrons. The van der Waals surface area contributed by atoms with Gasteiger partial charge in [-0.15, -0.1) is 0 Å². The summed E-state index contributed by atoms with van der Waals surface area (Å²) in [6.45, 7) is 5.97. The van der Waals surface area contributed by atoms with Crippen molar-refractivity contribution in [2.75, 3.05) is 7.11 Å². The van der Waals surface area contributed by atoms with Gasteiger partial charge in [-0.2, -0.15) is 0 Å². The van der Waals surface area contributed by atoms with Crippen molar-refractivity contribution >= 4 is 5.97 Å². The normalized spacial score (nSPS) is 15.8. The van der Waals surface area contributed by atoms with Crippen LogP contribution in [-0.4, -0.2) is 24.3 Å². The maximum absolute atomic E-state index is 10.8. The lowest BCUT2D eigenvalue weighted by Crippen LogP contribution is -2.25. The molecule has 0 aromatic rings. The van der Waals surface area contributed by atoms with E-state index in [0.29, 0.717) is 5.92 Å². The summed E-state index contributed by atoms with van der Waals surface area (Å²) >= 11 is 0. The minimum atomic E-state index is -0.586. The van der Waals surface area contributed by atoms with E-state index < -0.39 is 6.10 Å². The Hall–Kier alpha value is -0.570. The van der Waals surface area contributed by atoms with Crippen molar-refractivity contribution in [3.8, 4) is 0 Å². The number of carbonyl (C=O) groups is 1. The van der Waals surface area contributed by atoms with Gasteiger partial charge in [-0.3, -0.25) is 4.79 Å². The molecule has 0 aliphatic rings. The molecule has 0 rings (SSSR count). The van der Waals surface area contributed by atoms with E-state index >= 15 is 0 Å². The summed E-state index contributed by atoms with van der Waals surface area (Å²) in [5.41, 5.74) is 0. The van der Waals surface area contributed by atoms with Crippen molar-refractivity contribution in [2.45, 2.75) is 33.3 Å². The molecular weight excluding hydrogens is 156 g/mol. The Bertz CT molecular complexity index is 143. The lowest BCUT2D eigenvalue weighted by Gasteiger charge is -2.20. The third-order valence-electron chi connectivity index (χ3n) is 2.26. The van der Waals surface area contributed by atoms with Crippen LogP contribution in [0.1, 0.15) is 27.2 Å². The number of hydrogen-bond acceptors (Lipinski definition) is 3. The number of aliphatic hydroxyl groups is 1. The van der Waals surface area contributed by atoms with Crippen LogP contribution in [0.5, 0.6) is 0 Å². The highest BCUT2D eigenvalue weighted by atomic mass is 16.5. The van der Waals surface area contributed by atoms with Crippen molar-refractivity contribution in [2.24, 2.45) is 11.8 Å². The van der Waals surface area contributed by atoms with Crippen molar-refractivity contribution in [3.05, 3.63) is 0 Å². The number of aliphatic hydroxyl groups excluding tert-OH is 1. The zero-order chi connectivity index (χ0) is 9.72. The predicted octanol–water partition coefficient (Wildman–Crippen LogP) is 1.20. The first-order valence-electron chi connectivity index (χ1n) is 4.24. The van der Waals surface area contributed by atoms with Gasteiger partial charge in [0.15, 0.2) is 0 Å². The second-order valence-electron chi connectivity index (χ2n) is 3.45. The fourth-order valence-electron chi connectivity index (χ4n) is 0.884. The molecule has 0 fully saturated rings. The van der Waals surface area contributed by atoms with Crippen LogP contribution in [0, 0.1) is 11.8 Å². The van der Waals surface area contributed by atoms with Gasteiger partial charge in [0.1, 0.15) is 0 Å². The van der Waals surface area contributed by atoms with Crippen LogP contribution >= 0.6 is 0 Å². The first-order valence-corrected chi connectivity index (χ1v) is 4.24. The molecule has 0 heterocycles. The van der Waals surface area contributed by atoms with Gasteiger partial charge in [0, 0.05) is 0 Å². The van der Waals surface area contributed by atoms with Crippen molar-refractivity contribution in [1.29, 1.82) is 0 Å². The van der Waals surface area contributed by atoms with Gasteiger partial charge in [0.2, 0.25) is 0 Å². The molecule has 0 amide bonds. The molecule has 0 aliphatic carbocycles. The summed E-state index contributed by atoms with van der Waals surface area (Å²) in [7, 11) is 1.33. The molecule has 3 heteroatoms. The number of esters is 1. The number of carbonyl (C=O) groups excluding carboxylic acids is 1. The molecule has 1 N–H and O–H groups in total. The first kappa shape index (κ1) is 11.4. The van der Waals surface area contributed by atoms with Crippen LogP contribution in [-0.2, 0) is 9.53 Å². The molecule has 0 aliphatic heterocycles. The summed E-state index contributed by atoms with van der Waals surface area (Å²) in [6, 6.07) is 0. The minimum absolute atomic E-state index is 0.0931. The molecule has 0 radical (unpaired) electrons. The molecule has 0 saturated heterocycles. The van der Waals surface area contributed by atoms with Gasteiger partial charge in [-0.25, -0.2) is 0 Å². The summed E-state index contributed by atoms with van der Waals surface area (Å²) in [4.78, 5) is 10.8. The summed E-state index contributed by atoms with van der Waals surface area (Å²) in [5, 5.41) is 9.49. The van der Waals surface area contributed by atoms with E-state index in [1.807, 2.05) is 20.8 Å². The molecule has 12 heavy (non-hydrogen) atoms. The highest BCUT2D eigenvalue weighted by Crippen LogP contribution is 2.16. The minimum Gasteiger partial charge on any atom is -0.469 e. The molecule has 0 unspecified atom stereocenters. The van der Waals surface area contributed by atoms with E-state index in [0.717, 1.165) is 0 Å². The third-order valence-corrected chi connectivity index (χ3v) is 2.26. The average Bonchev–Trinajstić information content (AvgIpc) is 2.02. The first-order chi connectivity index (χ1) is 5.49. The zero-order valence-corrected chi connectivity index (χ0v) is 8.20. The second-order valence-corrected chi connectivity index (χ2v) is 3.45. The van der Waals surface area contributed by atoms with Crippen molar-refractivity contribution < 1.29 is 14.6 Å².